The Labute approximate surface area is 114 Å². The van der Waals surface area contributed by atoms with Gasteiger partial charge in [0.05, 0.1) is 24.6 Å². The summed E-state index contributed by atoms with van der Waals surface area (Å²) >= 11 is 11.5. The molecule has 1 aromatic heterocycles. The minimum atomic E-state index is -0.621. The second-order valence-electron chi connectivity index (χ2n) is 3.43. The van der Waals surface area contributed by atoms with Crippen molar-refractivity contribution in [1.29, 1.82) is 0 Å². The van der Waals surface area contributed by atoms with Gasteiger partial charge in [0.25, 0.3) is 0 Å². The van der Waals surface area contributed by atoms with Gasteiger partial charge in [-0.3, -0.25) is 4.79 Å². The highest BCUT2D eigenvalue weighted by Gasteiger charge is 2.19. The van der Waals surface area contributed by atoms with Gasteiger partial charge < -0.3 is 10.1 Å². The Morgan fingerprint density at radius 3 is 2.50 bits per heavy atom. The minimum Gasteiger partial charge on any atom is -0.464 e. The van der Waals surface area contributed by atoms with Crippen LogP contribution < -0.4 is 5.32 Å². The number of esters is 1. The molecule has 7 heteroatoms. The summed E-state index contributed by atoms with van der Waals surface area (Å²) in [5, 5.41) is 2.59. The number of rotatable bonds is 4. The third kappa shape index (κ3) is 3.34. The third-order valence-electron chi connectivity index (χ3n) is 2.14. The number of halogens is 2. The Bertz CT molecular complexity index is 478. The average molecular weight is 291 g/mol. The van der Waals surface area contributed by atoms with Crippen LogP contribution in [0.3, 0.4) is 0 Å². The van der Waals surface area contributed by atoms with E-state index in [9.17, 15) is 9.59 Å². The van der Waals surface area contributed by atoms with Crippen molar-refractivity contribution >= 4 is 40.8 Å². The zero-order valence-corrected chi connectivity index (χ0v) is 11.4. The molecule has 98 valence electrons. The zero-order chi connectivity index (χ0) is 13.7. The first-order valence-corrected chi connectivity index (χ1v) is 6.11. The fourth-order valence-corrected chi connectivity index (χ4v) is 1.80. The molecular weight excluding hydrogens is 279 g/mol. The minimum absolute atomic E-state index is 0.0234. The fraction of sp³-hybridized carbons (Fsp3) is 0.364. The van der Waals surface area contributed by atoms with Crippen molar-refractivity contribution < 1.29 is 14.3 Å². The van der Waals surface area contributed by atoms with Crippen LogP contribution in [0, 0.1) is 0 Å². The number of nitrogens with zero attached hydrogens (tertiary/aromatic N) is 1. The van der Waals surface area contributed by atoms with E-state index in [1.165, 1.54) is 14.0 Å². The Morgan fingerprint density at radius 1 is 1.39 bits per heavy atom. The second kappa shape index (κ2) is 6.56. The second-order valence-corrected chi connectivity index (χ2v) is 3.96. The van der Waals surface area contributed by atoms with Crippen molar-refractivity contribution in [2.75, 3.05) is 12.4 Å². The van der Waals surface area contributed by atoms with Crippen LogP contribution in [0.25, 0.3) is 0 Å². The maximum absolute atomic E-state index is 11.6. The molecule has 0 aliphatic carbocycles. The number of pyridine rings is 1. The number of aromatic nitrogens is 1. The Morgan fingerprint density at radius 2 is 2.06 bits per heavy atom. The van der Waals surface area contributed by atoms with Gasteiger partial charge in [-0.15, -0.1) is 23.2 Å². The molecule has 0 fully saturated rings. The number of amides is 1. The van der Waals surface area contributed by atoms with Crippen LogP contribution in [-0.2, 0) is 21.3 Å². The average Bonchev–Trinajstić information content (AvgIpc) is 2.36. The zero-order valence-electron chi connectivity index (χ0n) is 9.92. The summed E-state index contributed by atoms with van der Waals surface area (Å²) in [5.74, 6) is -0.762. The van der Waals surface area contributed by atoms with E-state index in [0.29, 0.717) is 16.9 Å². The van der Waals surface area contributed by atoms with Crippen LogP contribution in [0.1, 0.15) is 28.7 Å². The lowest BCUT2D eigenvalue weighted by molar-refractivity contribution is -0.114. The first-order chi connectivity index (χ1) is 8.53. The molecule has 0 radical (unpaired) electrons. The third-order valence-corrected chi connectivity index (χ3v) is 2.68. The van der Waals surface area contributed by atoms with E-state index < -0.39 is 5.97 Å². The summed E-state index contributed by atoms with van der Waals surface area (Å²) < 4.78 is 4.62. The molecule has 0 saturated carbocycles. The molecule has 0 spiro atoms. The molecule has 1 heterocycles. The lowest BCUT2D eigenvalue weighted by Crippen LogP contribution is -2.15. The molecule has 0 aromatic carbocycles. The molecule has 1 rings (SSSR count). The summed E-state index contributed by atoms with van der Waals surface area (Å²) in [5.41, 5.74) is 1.35. The highest BCUT2D eigenvalue weighted by Crippen LogP contribution is 2.23. The highest BCUT2D eigenvalue weighted by atomic mass is 35.5. The topological polar surface area (TPSA) is 68.3 Å². The molecular formula is C11H12Cl2N2O3. The number of alkyl halides is 2. The van der Waals surface area contributed by atoms with Crippen molar-refractivity contribution in [1.82, 2.24) is 4.98 Å². The lowest BCUT2D eigenvalue weighted by Gasteiger charge is -2.12. The Kier molecular flexibility index (Phi) is 5.37. The van der Waals surface area contributed by atoms with Crippen molar-refractivity contribution in [2.24, 2.45) is 0 Å². The number of methoxy groups -OCH3 is 1. The normalized spacial score (nSPS) is 10.0. The molecule has 1 N–H and O–H groups in total. The van der Waals surface area contributed by atoms with Crippen molar-refractivity contribution in [2.45, 2.75) is 18.7 Å². The first kappa shape index (κ1) is 14.7. The van der Waals surface area contributed by atoms with E-state index in [1.807, 2.05) is 0 Å². The van der Waals surface area contributed by atoms with E-state index in [4.69, 9.17) is 23.2 Å². The van der Waals surface area contributed by atoms with Crippen LogP contribution in [-0.4, -0.2) is 24.0 Å². The molecule has 0 saturated heterocycles. The van der Waals surface area contributed by atoms with E-state index >= 15 is 0 Å². The molecule has 0 atom stereocenters. The monoisotopic (exact) mass is 290 g/mol. The Balaban J connectivity index is 3.39. The summed E-state index contributed by atoms with van der Waals surface area (Å²) in [6.45, 7) is 1.36. The number of carbonyl (C=O) groups excluding carboxylic acids is 2. The van der Waals surface area contributed by atoms with E-state index in [-0.39, 0.29) is 23.4 Å². The van der Waals surface area contributed by atoms with Crippen LogP contribution in [0.15, 0.2) is 6.07 Å². The molecule has 0 aliphatic heterocycles. The summed E-state index contributed by atoms with van der Waals surface area (Å²) in [6.07, 6.45) is 0. The number of carbonyl (C=O) groups is 2. The van der Waals surface area contributed by atoms with Crippen LogP contribution in [0.2, 0.25) is 0 Å². The summed E-state index contributed by atoms with van der Waals surface area (Å²) in [4.78, 5) is 26.8. The maximum Gasteiger partial charge on any atom is 0.357 e. The predicted octanol–water partition coefficient (Wildman–Crippen LogP) is 2.30. The number of hydrogen-bond donors (Lipinski definition) is 1. The molecule has 0 aliphatic rings. The van der Waals surface area contributed by atoms with Gasteiger partial charge in [0, 0.05) is 18.2 Å². The van der Waals surface area contributed by atoms with E-state index in [1.54, 1.807) is 6.07 Å². The van der Waals surface area contributed by atoms with Gasteiger partial charge in [-0.2, -0.15) is 0 Å². The molecule has 0 unspecified atom stereocenters. The number of ether oxygens (including phenoxy) is 1. The van der Waals surface area contributed by atoms with Gasteiger partial charge in [-0.25, -0.2) is 9.78 Å². The fourth-order valence-electron chi connectivity index (χ4n) is 1.40. The molecule has 1 aromatic rings. The van der Waals surface area contributed by atoms with Crippen molar-refractivity contribution in [3.63, 3.8) is 0 Å². The molecule has 1 amide bonds. The van der Waals surface area contributed by atoms with Gasteiger partial charge in [0.15, 0.2) is 5.69 Å². The van der Waals surface area contributed by atoms with E-state index in [2.05, 4.69) is 15.0 Å². The van der Waals surface area contributed by atoms with Crippen LogP contribution in [0.5, 0.6) is 0 Å². The summed E-state index contributed by atoms with van der Waals surface area (Å²) in [6, 6.07) is 1.58. The van der Waals surface area contributed by atoms with Crippen molar-refractivity contribution in [3.8, 4) is 0 Å². The van der Waals surface area contributed by atoms with Gasteiger partial charge in [-0.1, -0.05) is 0 Å². The molecule has 0 bridgehead atoms. The molecule has 5 nitrogen and oxygen atoms in total. The van der Waals surface area contributed by atoms with E-state index in [0.717, 1.165) is 0 Å². The number of anilines is 1. The Hall–Kier alpha value is -1.33. The largest absolute Gasteiger partial charge is 0.464 e. The van der Waals surface area contributed by atoms with Gasteiger partial charge in [0.1, 0.15) is 0 Å². The van der Waals surface area contributed by atoms with Gasteiger partial charge >= 0.3 is 5.97 Å². The quantitative estimate of drug-likeness (QED) is 0.682. The van der Waals surface area contributed by atoms with Crippen LogP contribution in [0.4, 0.5) is 5.69 Å². The maximum atomic E-state index is 11.6. The van der Waals surface area contributed by atoms with Crippen molar-refractivity contribution in [3.05, 3.63) is 23.0 Å². The van der Waals surface area contributed by atoms with Gasteiger partial charge in [0.2, 0.25) is 5.91 Å². The predicted molar refractivity (Wildman–Crippen MR) is 69.0 cm³/mol. The van der Waals surface area contributed by atoms with Crippen LogP contribution >= 0.6 is 23.2 Å². The van der Waals surface area contributed by atoms with Gasteiger partial charge in [-0.05, 0) is 6.07 Å². The highest BCUT2D eigenvalue weighted by molar-refractivity contribution is 6.18. The number of hydrogen-bond acceptors (Lipinski definition) is 4. The number of nitrogens with one attached hydrogen (secondary N) is 1. The standard InChI is InChI=1S/C11H12Cl2N2O3/c1-6(16)14-9-3-7(4-12)15-10(8(9)5-13)11(17)18-2/h3H,4-5H2,1-2H3,(H,14,15,16). The molecule has 18 heavy (non-hydrogen) atoms. The summed E-state index contributed by atoms with van der Waals surface area (Å²) in [7, 11) is 1.24. The SMILES string of the molecule is COC(=O)c1nc(CCl)cc(NC(C)=O)c1CCl. The first-order valence-electron chi connectivity index (χ1n) is 5.04. The smallest absolute Gasteiger partial charge is 0.357 e. The lowest BCUT2D eigenvalue weighted by atomic mass is 10.1.